The Kier molecular flexibility index (Phi) is 5.03. The number of carbonyl (C=O) groups is 2. The fraction of sp³-hybridized carbons (Fsp3) is 0.167. The van der Waals surface area contributed by atoms with Gasteiger partial charge in [0.05, 0.1) is 23.9 Å². The van der Waals surface area contributed by atoms with Crippen LogP contribution in [0.5, 0.6) is 11.5 Å². The highest BCUT2D eigenvalue weighted by molar-refractivity contribution is 6.46. The summed E-state index contributed by atoms with van der Waals surface area (Å²) < 4.78 is 11.1. The Morgan fingerprint density at radius 3 is 2.53 bits per heavy atom. The van der Waals surface area contributed by atoms with Crippen molar-refractivity contribution in [1.29, 1.82) is 0 Å². The van der Waals surface area contributed by atoms with Gasteiger partial charge >= 0.3 is 0 Å². The molecule has 2 aliphatic heterocycles. The van der Waals surface area contributed by atoms with Crippen molar-refractivity contribution < 1.29 is 24.2 Å². The predicted octanol–water partition coefficient (Wildman–Crippen LogP) is 2.87. The Hall–Kier alpha value is -4.20. The molecule has 0 bridgehead atoms. The number of Topliss-reactive ketones (excluding diaryl/α,β-unsaturated/α-hetero) is 1. The summed E-state index contributed by atoms with van der Waals surface area (Å²) >= 11 is 0. The number of fused-ring (bicyclic) bond motifs is 1. The zero-order valence-corrected chi connectivity index (χ0v) is 17.0. The van der Waals surface area contributed by atoms with Gasteiger partial charge in [-0.05, 0) is 48.0 Å². The maximum Gasteiger partial charge on any atom is 0.296 e. The second-order valence-corrected chi connectivity index (χ2v) is 7.39. The highest BCUT2D eigenvalue weighted by atomic mass is 16.6. The van der Waals surface area contributed by atoms with E-state index < -0.39 is 17.7 Å². The molecule has 8 nitrogen and oxygen atoms in total. The zero-order chi connectivity index (χ0) is 22.1. The molecule has 8 heteroatoms. The molecule has 160 valence electrons. The van der Waals surface area contributed by atoms with Crippen LogP contribution in [0.15, 0.2) is 72.7 Å². The number of aromatic nitrogens is 2. The first kappa shape index (κ1) is 19.7. The second kappa shape index (κ2) is 8.14. The first-order valence-corrected chi connectivity index (χ1v) is 10.1. The second-order valence-electron chi connectivity index (χ2n) is 7.39. The summed E-state index contributed by atoms with van der Waals surface area (Å²) in [6, 6.07) is 13.0. The number of pyridine rings is 2. The largest absolute Gasteiger partial charge is 0.507 e. The standard InChI is InChI=1S/C24H19N3O5/c28-22(16-4-5-18-19(13-16)32-12-11-31-18)20-21(15-6-9-25-10-7-15)27(24(30)23(20)29)14-17-3-1-2-8-26-17/h1-10,13,21,28H,11-12,14H2/b22-20-. The summed E-state index contributed by atoms with van der Waals surface area (Å²) in [6.45, 7) is 0.956. The third-order valence-corrected chi connectivity index (χ3v) is 5.44. The van der Waals surface area contributed by atoms with E-state index in [9.17, 15) is 14.7 Å². The van der Waals surface area contributed by atoms with Gasteiger partial charge in [0.2, 0.25) is 0 Å². The molecule has 0 aliphatic carbocycles. The van der Waals surface area contributed by atoms with E-state index in [1.165, 1.54) is 4.90 Å². The molecule has 4 heterocycles. The number of aliphatic hydroxyl groups excluding tert-OH is 1. The first-order chi connectivity index (χ1) is 15.6. The Morgan fingerprint density at radius 2 is 1.78 bits per heavy atom. The van der Waals surface area contributed by atoms with Crippen LogP contribution >= 0.6 is 0 Å². The van der Waals surface area contributed by atoms with Crippen molar-refractivity contribution in [2.24, 2.45) is 0 Å². The number of carbonyl (C=O) groups excluding carboxylic acids is 2. The van der Waals surface area contributed by atoms with Crippen molar-refractivity contribution >= 4 is 17.4 Å². The van der Waals surface area contributed by atoms with Gasteiger partial charge in [0.1, 0.15) is 19.0 Å². The van der Waals surface area contributed by atoms with Gasteiger partial charge in [-0.2, -0.15) is 0 Å². The van der Waals surface area contributed by atoms with Crippen LogP contribution in [0.3, 0.4) is 0 Å². The van der Waals surface area contributed by atoms with Crippen LogP contribution in [0.1, 0.15) is 22.9 Å². The molecule has 1 aromatic carbocycles. The van der Waals surface area contributed by atoms with Gasteiger partial charge in [0.15, 0.2) is 11.5 Å². The highest BCUT2D eigenvalue weighted by Crippen LogP contribution is 2.41. The lowest BCUT2D eigenvalue weighted by atomic mass is 9.95. The average Bonchev–Trinajstić information content (AvgIpc) is 3.09. The molecule has 0 spiro atoms. The lowest BCUT2D eigenvalue weighted by molar-refractivity contribution is -0.140. The van der Waals surface area contributed by atoms with Gasteiger partial charge < -0.3 is 19.5 Å². The van der Waals surface area contributed by atoms with E-state index in [0.717, 1.165) is 0 Å². The van der Waals surface area contributed by atoms with E-state index in [4.69, 9.17) is 9.47 Å². The number of ether oxygens (including phenoxy) is 2. The molecule has 5 rings (SSSR count). The maximum absolute atomic E-state index is 13.1. The Balaban J connectivity index is 1.62. The van der Waals surface area contributed by atoms with Gasteiger partial charge in [-0.3, -0.25) is 19.6 Å². The smallest absolute Gasteiger partial charge is 0.296 e. The SMILES string of the molecule is O=C1C(=O)N(Cc2ccccn2)C(c2ccncc2)/C1=C(/O)c1ccc2c(c1)OCCO2. The van der Waals surface area contributed by atoms with E-state index in [2.05, 4.69) is 9.97 Å². The highest BCUT2D eigenvalue weighted by Gasteiger charge is 2.46. The minimum Gasteiger partial charge on any atom is -0.507 e. The Morgan fingerprint density at radius 1 is 1.00 bits per heavy atom. The number of likely N-dealkylation sites (tertiary alicyclic amines) is 1. The molecule has 3 aromatic rings. The van der Waals surface area contributed by atoms with Crippen molar-refractivity contribution in [3.8, 4) is 11.5 Å². The van der Waals surface area contributed by atoms with Crippen molar-refractivity contribution in [3.63, 3.8) is 0 Å². The van der Waals surface area contributed by atoms with Crippen molar-refractivity contribution in [2.45, 2.75) is 12.6 Å². The van der Waals surface area contributed by atoms with Crippen molar-refractivity contribution in [2.75, 3.05) is 13.2 Å². The summed E-state index contributed by atoms with van der Waals surface area (Å²) in [5.41, 5.74) is 1.67. The molecule has 1 atom stereocenters. The Bertz CT molecular complexity index is 1210. The van der Waals surface area contributed by atoms with Crippen LogP contribution < -0.4 is 9.47 Å². The number of benzene rings is 1. The molecule has 2 aromatic heterocycles. The fourth-order valence-corrected chi connectivity index (χ4v) is 3.95. The van der Waals surface area contributed by atoms with Crippen molar-refractivity contribution in [1.82, 2.24) is 14.9 Å². The number of nitrogens with zero attached hydrogens (tertiary/aromatic N) is 3. The quantitative estimate of drug-likeness (QED) is 0.387. The molecule has 1 fully saturated rings. The fourth-order valence-electron chi connectivity index (χ4n) is 3.95. The van der Waals surface area contributed by atoms with Gasteiger partial charge in [-0.1, -0.05) is 6.07 Å². The van der Waals surface area contributed by atoms with Crippen LogP contribution in [0, 0.1) is 0 Å². The monoisotopic (exact) mass is 429 g/mol. The number of aliphatic hydroxyl groups is 1. The van der Waals surface area contributed by atoms with E-state index in [-0.39, 0.29) is 17.9 Å². The van der Waals surface area contributed by atoms with Gasteiger partial charge in [0.25, 0.3) is 11.7 Å². The van der Waals surface area contributed by atoms with Crippen LogP contribution in [-0.4, -0.2) is 44.9 Å². The minimum absolute atomic E-state index is 0.00816. The first-order valence-electron chi connectivity index (χ1n) is 10.1. The van der Waals surface area contributed by atoms with E-state index in [0.29, 0.717) is 41.5 Å². The summed E-state index contributed by atoms with van der Waals surface area (Å²) in [4.78, 5) is 35.8. The van der Waals surface area contributed by atoms with Crippen LogP contribution in [0.25, 0.3) is 5.76 Å². The summed E-state index contributed by atoms with van der Waals surface area (Å²) in [7, 11) is 0. The molecule has 1 unspecified atom stereocenters. The van der Waals surface area contributed by atoms with E-state index >= 15 is 0 Å². The molecule has 32 heavy (non-hydrogen) atoms. The number of hydrogen-bond acceptors (Lipinski definition) is 7. The average molecular weight is 429 g/mol. The molecule has 1 amide bonds. The van der Waals surface area contributed by atoms with Crippen LogP contribution in [0.4, 0.5) is 0 Å². The van der Waals surface area contributed by atoms with Crippen molar-refractivity contribution in [3.05, 3.63) is 89.5 Å². The third kappa shape index (κ3) is 3.45. The van der Waals surface area contributed by atoms with Gasteiger partial charge in [-0.15, -0.1) is 0 Å². The predicted molar refractivity (Wildman–Crippen MR) is 114 cm³/mol. The molecular formula is C24H19N3O5. The number of ketones is 1. The molecule has 2 aliphatic rings. The third-order valence-electron chi connectivity index (χ3n) is 5.44. The van der Waals surface area contributed by atoms with Gasteiger partial charge in [0, 0.05) is 24.2 Å². The number of hydrogen-bond donors (Lipinski definition) is 1. The molecule has 1 saturated heterocycles. The van der Waals surface area contributed by atoms with Gasteiger partial charge in [-0.25, -0.2) is 0 Å². The molecule has 1 N–H and O–H groups in total. The topological polar surface area (TPSA) is 102 Å². The molecule has 0 radical (unpaired) electrons. The molecule has 0 saturated carbocycles. The van der Waals surface area contributed by atoms with Crippen LogP contribution in [0.2, 0.25) is 0 Å². The number of rotatable bonds is 4. The number of amides is 1. The maximum atomic E-state index is 13.1. The van der Waals surface area contributed by atoms with Crippen LogP contribution in [-0.2, 0) is 16.1 Å². The van der Waals surface area contributed by atoms with E-state index in [1.807, 2.05) is 6.07 Å². The lowest BCUT2D eigenvalue weighted by Crippen LogP contribution is -2.29. The molecular weight excluding hydrogens is 410 g/mol. The van der Waals surface area contributed by atoms with E-state index in [1.54, 1.807) is 61.1 Å². The minimum atomic E-state index is -0.784. The summed E-state index contributed by atoms with van der Waals surface area (Å²) in [5.74, 6) is -0.685. The Labute approximate surface area is 183 Å². The summed E-state index contributed by atoms with van der Waals surface area (Å²) in [5, 5.41) is 11.2. The zero-order valence-electron chi connectivity index (χ0n) is 17.0. The lowest BCUT2D eigenvalue weighted by Gasteiger charge is -2.25. The normalized spacial score (nSPS) is 19.2. The summed E-state index contributed by atoms with van der Waals surface area (Å²) in [6.07, 6.45) is 4.79.